The Morgan fingerprint density at radius 3 is 2.50 bits per heavy atom. The molecule has 1 heterocycles. The van der Waals surface area contributed by atoms with Crippen LogP contribution in [-0.4, -0.2) is 10.9 Å². The smallest absolute Gasteiger partial charge is 0.257 e. The van der Waals surface area contributed by atoms with E-state index < -0.39 is 0 Å². The van der Waals surface area contributed by atoms with Gasteiger partial charge in [0.05, 0.1) is 5.56 Å². The van der Waals surface area contributed by atoms with E-state index in [2.05, 4.69) is 31.5 Å². The van der Waals surface area contributed by atoms with Gasteiger partial charge in [-0.1, -0.05) is 34.1 Å². The van der Waals surface area contributed by atoms with Gasteiger partial charge in [0.1, 0.15) is 5.82 Å². The van der Waals surface area contributed by atoms with Gasteiger partial charge in [-0.2, -0.15) is 0 Å². The van der Waals surface area contributed by atoms with Crippen LogP contribution in [0.3, 0.4) is 0 Å². The first-order chi connectivity index (χ1) is 11.6. The molecule has 0 saturated heterocycles. The number of pyridine rings is 1. The van der Waals surface area contributed by atoms with Gasteiger partial charge in [0, 0.05) is 22.0 Å². The van der Waals surface area contributed by atoms with Crippen LogP contribution in [0, 0.1) is 6.92 Å². The van der Waals surface area contributed by atoms with Crippen LogP contribution in [-0.2, 0) is 0 Å². The van der Waals surface area contributed by atoms with Crippen molar-refractivity contribution in [2.75, 3.05) is 10.6 Å². The largest absolute Gasteiger partial charge is 0.340 e. The number of nitrogens with zero attached hydrogens (tertiary/aromatic N) is 1. The van der Waals surface area contributed by atoms with Gasteiger partial charge in [-0.25, -0.2) is 4.98 Å². The van der Waals surface area contributed by atoms with Crippen molar-refractivity contribution in [3.8, 4) is 0 Å². The molecule has 2 aromatic carbocycles. The summed E-state index contributed by atoms with van der Waals surface area (Å²) >= 11 is 3.38. The maximum atomic E-state index is 12.3. The molecule has 1 amide bonds. The van der Waals surface area contributed by atoms with Crippen LogP contribution in [0.25, 0.3) is 0 Å². The molecule has 0 aliphatic rings. The predicted molar refractivity (Wildman–Crippen MR) is 101 cm³/mol. The lowest BCUT2D eigenvalue weighted by atomic mass is 10.2. The fourth-order valence-electron chi connectivity index (χ4n) is 2.24. The maximum Gasteiger partial charge on any atom is 0.257 e. The van der Waals surface area contributed by atoms with Gasteiger partial charge in [-0.15, -0.1) is 0 Å². The number of hydrogen-bond acceptors (Lipinski definition) is 3. The lowest BCUT2D eigenvalue weighted by molar-refractivity contribution is 0.102. The van der Waals surface area contributed by atoms with Gasteiger partial charge < -0.3 is 10.6 Å². The molecule has 24 heavy (non-hydrogen) atoms. The van der Waals surface area contributed by atoms with E-state index in [0.29, 0.717) is 11.4 Å². The van der Waals surface area contributed by atoms with Gasteiger partial charge in [0.25, 0.3) is 5.91 Å². The van der Waals surface area contributed by atoms with Crippen molar-refractivity contribution in [2.45, 2.75) is 6.92 Å². The number of carbonyl (C=O) groups is 1. The summed E-state index contributed by atoms with van der Waals surface area (Å²) in [6, 6.07) is 19.0. The van der Waals surface area contributed by atoms with Crippen molar-refractivity contribution < 1.29 is 4.79 Å². The van der Waals surface area contributed by atoms with Crippen LogP contribution in [0.4, 0.5) is 17.2 Å². The number of benzene rings is 2. The Balaban J connectivity index is 1.68. The number of carbonyl (C=O) groups excluding carboxylic acids is 1. The molecule has 0 bridgehead atoms. The molecule has 120 valence electrons. The topological polar surface area (TPSA) is 54.0 Å². The van der Waals surface area contributed by atoms with Crippen molar-refractivity contribution in [2.24, 2.45) is 0 Å². The Morgan fingerprint density at radius 2 is 1.79 bits per heavy atom. The van der Waals surface area contributed by atoms with E-state index in [4.69, 9.17) is 0 Å². The minimum absolute atomic E-state index is 0.192. The molecule has 3 aromatic rings. The molecule has 0 fully saturated rings. The molecule has 5 heteroatoms. The summed E-state index contributed by atoms with van der Waals surface area (Å²) in [6.45, 7) is 2.04. The lowest BCUT2D eigenvalue weighted by Crippen LogP contribution is -2.12. The Morgan fingerprint density at radius 1 is 1.00 bits per heavy atom. The summed E-state index contributed by atoms with van der Waals surface area (Å²) in [5, 5.41) is 6.07. The fourth-order valence-corrected chi connectivity index (χ4v) is 2.64. The molecule has 0 atom stereocenters. The second-order valence-electron chi connectivity index (χ2n) is 5.39. The number of anilines is 3. The first-order valence-electron chi connectivity index (χ1n) is 7.47. The van der Waals surface area contributed by atoms with E-state index in [9.17, 15) is 4.79 Å². The van der Waals surface area contributed by atoms with Gasteiger partial charge in [0.15, 0.2) is 0 Å². The standard InChI is InChI=1S/C19H16BrN3O/c1-13-4-2-6-16(10-13)22-18-9-8-14(12-21-18)19(24)23-17-7-3-5-15(20)11-17/h2-12H,1H3,(H,21,22)(H,23,24). The van der Waals surface area contributed by atoms with Gasteiger partial charge >= 0.3 is 0 Å². The summed E-state index contributed by atoms with van der Waals surface area (Å²) < 4.78 is 0.913. The zero-order valence-corrected chi connectivity index (χ0v) is 14.7. The predicted octanol–water partition coefficient (Wildman–Crippen LogP) is 5.15. The van der Waals surface area contributed by atoms with Crippen molar-refractivity contribution in [3.05, 3.63) is 82.5 Å². The Labute approximate surface area is 149 Å². The summed E-state index contributed by atoms with van der Waals surface area (Å²) in [4.78, 5) is 16.6. The molecular formula is C19H16BrN3O. The van der Waals surface area contributed by atoms with Crippen LogP contribution >= 0.6 is 15.9 Å². The molecule has 0 aliphatic heterocycles. The van der Waals surface area contributed by atoms with Crippen molar-refractivity contribution in [1.29, 1.82) is 0 Å². The van der Waals surface area contributed by atoms with E-state index in [0.717, 1.165) is 15.8 Å². The highest BCUT2D eigenvalue weighted by Crippen LogP contribution is 2.18. The average molecular weight is 382 g/mol. The number of aromatic nitrogens is 1. The number of nitrogens with one attached hydrogen (secondary N) is 2. The second-order valence-corrected chi connectivity index (χ2v) is 6.31. The molecule has 0 spiro atoms. The number of rotatable bonds is 4. The van der Waals surface area contributed by atoms with Crippen molar-refractivity contribution >= 4 is 39.0 Å². The van der Waals surface area contributed by atoms with Crippen LogP contribution in [0.15, 0.2) is 71.3 Å². The van der Waals surface area contributed by atoms with E-state index in [1.54, 1.807) is 18.3 Å². The van der Waals surface area contributed by atoms with E-state index in [1.165, 1.54) is 5.56 Å². The van der Waals surface area contributed by atoms with Crippen LogP contribution in [0.1, 0.15) is 15.9 Å². The zero-order chi connectivity index (χ0) is 16.9. The quantitative estimate of drug-likeness (QED) is 0.656. The van der Waals surface area contributed by atoms with E-state index in [1.807, 2.05) is 55.5 Å². The average Bonchev–Trinajstić information content (AvgIpc) is 2.55. The molecular weight excluding hydrogens is 366 g/mol. The van der Waals surface area contributed by atoms with E-state index >= 15 is 0 Å². The number of halogens is 1. The minimum atomic E-state index is -0.192. The highest BCUT2D eigenvalue weighted by atomic mass is 79.9. The summed E-state index contributed by atoms with van der Waals surface area (Å²) in [6.07, 6.45) is 1.56. The second kappa shape index (κ2) is 7.27. The Bertz CT molecular complexity index is 862. The third-order valence-electron chi connectivity index (χ3n) is 3.40. The molecule has 2 N–H and O–H groups in total. The molecule has 0 radical (unpaired) electrons. The highest BCUT2D eigenvalue weighted by Gasteiger charge is 2.07. The summed E-state index contributed by atoms with van der Waals surface area (Å²) in [7, 11) is 0. The molecule has 0 saturated carbocycles. The molecule has 3 rings (SSSR count). The van der Waals surface area contributed by atoms with Crippen molar-refractivity contribution in [3.63, 3.8) is 0 Å². The van der Waals surface area contributed by atoms with Crippen molar-refractivity contribution in [1.82, 2.24) is 4.98 Å². The lowest BCUT2D eigenvalue weighted by Gasteiger charge is -2.08. The van der Waals surface area contributed by atoms with Gasteiger partial charge in [-0.3, -0.25) is 4.79 Å². The Hall–Kier alpha value is -2.66. The number of aryl methyl sites for hydroxylation is 1. The Kier molecular flexibility index (Phi) is 4.91. The molecule has 0 unspecified atom stereocenters. The van der Waals surface area contributed by atoms with Crippen LogP contribution < -0.4 is 10.6 Å². The number of amides is 1. The van der Waals surface area contributed by atoms with E-state index in [-0.39, 0.29) is 5.91 Å². The third kappa shape index (κ3) is 4.20. The maximum absolute atomic E-state index is 12.3. The molecule has 1 aromatic heterocycles. The SMILES string of the molecule is Cc1cccc(Nc2ccc(C(=O)Nc3cccc(Br)c3)cn2)c1. The van der Waals surface area contributed by atoms with Gasteiger partial charge in [-0.05, 0) is 55.0 Å². The number of hydrogen-bond donors (Lipinski definition) is 2. The highest BCUT2D eigenvalue weighted by molar-refractivity contribution is 9.10. The fraction of sp³-hybridized carbons (Fsp3) is 0.0526. The first-order valence-corrected chi connectivity index (χ1v) is 8.26. The van der Waals surface area contributed by atoms with Crippen LogP contribution in [0.2, 0.25) is 0 Å². The summed E-state index contributed by atoms with van der Waals surface area (Å²) in [5.41, 5.74) is 3.37. The van der Waals surface area contributed by atoms with Gasteiger partial charge in [0.2, 0.25) is 0 Å². The molecule has 4 nitrogen and oxygen atoms in total. The molecule has 0 aliphatic carbocycles. The third-order valence-corrected chi connectivity index (χ3v) is 3.89. The minimum Gasteiger partial charge on any atom is -0.340 e. The first kappa shape index (κ1) is 16.2. The van der Waals surface area contributed by atoms with Crippen LogP contribution in [0.5, 0.6) is 0 Å². The monoisotopic (exact) mass is 381 g/mol. The zero-order valence-electron chi connectivity index (χ0n) is 13.1. The summed E-state index contributed by atoms with van der Waals surface area (Å²) in [5.74, 6) is 0.502. The normalized spacial score (nSPS) is 10.2.